The van der Waals surface area contributed by atoms with Crippen LogP contribution in [0.4, 0.5) is 0 Å². The Hall–Kier alpha value is -1.28. The molecule has 0 aliphatic carbocycles. The van der Waals surface area contributed by atoms with Crippen LogP contribution in [0, 0.1) is 6.92 Å². The molecule has 3 rings (SSSR count). The van der Waals surface area contributed by atoms with Crippen molar-refractivity contribution in [3.63, 3.8) is 0 Å². The van der Waals surface area contributed by atoms with Gasteiger partial charge in [0.25, 0.3) is 0 Å². The van der Waals surface area contributed by atoms with Crippen molar-refractivity contribution in [2.45, 2.75) is 12.8 Å². The predicted molar refractivity (Wildman–Crippen MR) is 57.7 cm³/mol. The monoisotopic (exact) mass is 186 g/mol. The number of hydrogen-bond donors (Lipinski definition) is 1. The van der Waals surface area contributed by atoms with E-state index in [4.69, 9.17) is 0 Å². The van der Waals surface area contributed by atoms with E-state index in [1.807, 2.05) is 0 Å². The molecule has 0 amide bonds. The Labute approximate surface area is 83.6 Å². The van der Waals surface area contributed by atoms with Gasteiger partial charge in [-0.1, -0.05) is 6.07 Å². The second-order valence-corrected chi connectivity index (χ2v) is 4.06. The van der Waals surface area contributed by atoms with Gasteiger partial charge in [0, 0.05) is 36.4 Å². The van der Waals surface area contributed by atoms with Crippen LogP contribution in [-0.2, 0) is 0 Å². The van der Waals surface area contributed by atoms with E-state index < -0.39 is 0 Å². The van der Waals surface area contributed by atoms with Crippen molar-refractivity contribution in [1.82, 2.24) is 9.72 Å². The van der Waals surface area contributed by atoms with Gasteiger partial charge in [0.15, 0.2) is 0 Å². The summed E-state index contributed by atoms with van der Waals surface area (Å²) in [5.41, 5.74) is 4.22. The van der Waals surface area contributed by atoms with Crippen molar-refractivity contribution in [3.05, 3.63) is 41.7 Å². The molecule has 1 saturated heterocycles. The lowest BCUT2D eigenvalue weighted by Gasteiger charge is -2.28. The van der Waals surface area contributed by atoms with Gasteiger partial charge < -0.3 is 9.72 Å². The van der Waals surface area contributed by atoms with Gasteiger partial charge in [-0.3, -0.25) is 0 Å². The Morgan fingerprint density at radius 3 is 2.93 bits per heavy atom. The molecule has 1 aliphatic heterocycles. The first-order valence-electron chi connectivity index (χ1n) is 5.13. The molecule has 1 aliphatic rings. The van der Waals surface area contributed by atoms with Crippen LogP contribution < -0.4 is 5.32 Å². The number of nitrogens with one attached hydrogen (secondary N) is 1. The van der Waals surface area contributed by atoms with Crippen LogP contribution in [0.15, 0.2) is 30.5 Å². The largest absolute Gasteiger partial charge is 0.320 e. The summed E-state index contributed by atoms with van der Waals surface area (Å²) in [5.74, 6) is 0.708. The van der Waals surface area contributed by atoms with E-state index in [0.29, 0.717) is 5.92 Å². The lowest BCUT2D eigenvalue weighted by Crippen LogP contribution is -2.40. The lowest BCUT2D eigenvalue weighted by atomic mass is 9.97. The van der Waals surface area contributed by atoms with E-state index in [2.05, 4.69) is 47.1 Å². The Morgan fingerprint density at radius 1 is 1.36 bits per heavy atom. The van der Waals surface area contributed by atoms with Crippen molar-refractivity contribution >= 4 is 5.52 Å². The second-order valence-electron chi connectivity index (χ2n) is 4.06. The number of aryl methyl sites for hydroxylation is 1. The van der Waals surface area contributed by atoms with Crippen molar-refractivity contribution < 1.29 is 0 Å². The van der Waals surface area contributed by atoms with Crippen LogP contribution in [0.1, 0.15) is 17.2 Å². The summed E-state index contributed by atoms with van der Waals surface area (Å²) in [6, 6.07) is 8.63. The summed E-state index contributed by atoms with van der Waals surface area (Å²) in [5, 5.41) is 3.33. The molecule has 0 saturated carbocycles. The first kappa shape index (κ1) is 8.06. The van der Waals surface area contributed by atoms with Gasteiger partial charge in [-0.05, 0) is 30.7 Å². The van der Waals surface area contributed by atoms with Gasteiger partial charge >= 0.3 is 0 Å². The topological polar surface area (TPSA) is 16.4 Å². The molecule has 0 radical (unpaired) electrons. The summed E-state index contributed by atoms with van der Waals surface area (Å²) in [4.78, 5) is 0. The molecule has 3 heterocycles. The quantitative estimate of drug-likeness (QED) is 0.720. The molecular formula is C12H14N2. The minimum absolute atomic E-state index is 0.708. The first-order chi connectivity index (χ1) is 6.86. The fraction of sp³-hybridized carbons (Fsp3) is 0.333. The average Bonchev–Trinajstić information content (AvgIpc) is 2.41. The van der Waals surface area contributed by atoms with Gasteiger partial charge in [-0.25, -0.2) is 0 Å². The van der Waals surface area contributed by atoms with Crippen LogP contribution in [-0.4, -0.2) is 17.5 Å². The molecule has 1 N–H and O–H groups in total. The van der Waals surface area contributed by atoms with Crippen LogP contribution in [0.2, 0.25) is 0 Å². The molecular weight excluding hydrogens is 172 g/mol. The highest BCUT2D eigenvalue weighted by Crippen LogP contribution is 2.26. The zero-order valence-corrected chi connectivity index (χ0v) is 8.33. The number of rotatable bonds is 1. The van der Waals surface area contributed by atoms with Gasteiger partial charge in [0.05, 0.1) is 0 Å². The average molecular weight is 186 g/mol. The number of pyridine rings is 1. The van der Waals surface area contributed by atoms with E-state index in [1.54, 1.807) is 0 Å². The third-order valence-electron chi connectivity index (χ3n) is 3.09. The molecule has 2 nitrogen and oxygen atoms in total. The first-order valence-corrected chi connectivity index (χ1v) is 5.13. The Bertz CT molecular complexity index is 466. The zero-order valence-electron chi connectivity index (χ0n) is 8.33. The molecule has 72 valence electrons. The fourth-order valence-corrected chi connectivity index (χ4v) is 2.28. The Kier molecular flexibility index (Phi) is 1.64. The molecule has 2 aromatic heterocycles. The minimum atomic E-state index is 0.708. The smallest absolute Gasteiger partial charge is 0.0455 e. The molecule has 2 heteroatoms. The molecule has 1 fully saturated rings. The third kappa shape index (κ3) is 1.01. The van der Waals surface area contributed by atoms with Gasteiger partial charge in [0.1, 0.15) is 0 Å². The van der Waals surface area contributed by atoms with Gasteiger partial charge in [-0.2, -0.15) is 0 Å². The second kappa shape index (κ2) is 2.85. The summed E-state index contributed by atoms with van der Waals surface area (Å²) in [6.45, 7) is 4.46. The predicted octanol–water partition coefficient (Wildman–Crippen LogP) is 1.93. The SMILES string of the molecule is Cc1cc2ccccn2c1C1CNC1. The highest BCUT2D eigenvalue weighted by Gasteiger charge is 2.23. The number of nitrogens with zero attached hydrogens (tertiary/aromatic N) is 1. The molecule has 0 aromatic carbocycles. The molecule has 0 bridgehead atoms. The minimum Gasteiger partial charge on any atom is -0.320 e. The van der Waals surface area contributed by atoms with Crippen LogP contribution in [0.3, 0.4) is 0 Å². The summed E-state index contributed by atoms with van der Waals surface area (Å²) in [6.07, 6.45) is 2.16. The third-order valence-corrected chi connectivity index (χ3v) is 3.09. The maximum absolute atomic E-state index is 3.33. The van der Waals surface area contributed by atoms with E-state index in [0.717, 1.165) is 13.1 Å². The molecule has 0 unspecified atom stereocenters. The summed E-state index contributed by atoms with van der Waals surface area (Å²) < 4.78 is 2.32. The highest BCUT2D eigenvalue weighted by molar-refractivity contribution is 5.54. The van der Waals surface area contributed by atoms with Crippen LogP contribution in [0.25, 0.3) is 5.52 Å². The van der Waals surface area contributed by atoms with Crippen molar-refractivity contribution in [2.75, 3.05) is 13.1 Å². The van der Waals surface area contributed by atoms with E-state index in [1.165, 1.54) is 16.8 Å². The zero-order chi connectivity index (χ0) is 9.54. The fourth-order valence-electron chi connectivity index (χ4n) is 2.28. The Morgan fingerprint density at radius 2 is 2.21 bits per heavy atom. The van der Waals surface area contributed by atoms with E-state index in [9.17, 15) is 0 Å². The van der Waals surface area contributed by atoms with Crippen LogP contribution >= 0.6 is 0 Å². The number of aromatic nitrogens is 1. The molecule has 14 heavy (non-hydrogen) atoms. The highest BCUT2D eigenvalue weighted by atomic mass is 15.0. The Balaban J connectivity index is 2.24. The van der Waals surface area contributed by atoms with Crippen LogP contribution in [0.5, 0.6) is 0 Å². The van der Waals surface area contributed by atoms with Crippen molar-refractivity contribution in [2.24, 2.45) is 0 Å². The lowest BCUT2D eigenvalue weighted by molar-refractivity contribution is 0.436. The van der Waals surface area contributed by atoms with Gasteiger partial charge in [0.2, 0.25) is 0 Å². The molecule has 0 atom stereocenters. The number of fused-ring (bicyclic) bond motifs is 1. The maximum Gasteiger partial charge on any atom is 0.0455 e. The van der Waals surface area contributed by atoms with Crippen molar-refractivity contribution in [3.8, 4) is 0 Å². The van der Waals surface area contributed by atoms with E-state index >= 15 is 0 Å². The maximum atomic E-state index is 3.33. The standard InChI is InChI=1S/C12H14N2/c1-9-6-11-4-2-3-5-14(11)12(9)10-7-13-8-10/h2-6,10,13H,7-8H2,1H3. The van der Waals surface area contributed by atoms with Crippen molar-refractivity contribution in [1.29, 1.82) is 0 Å². The van der Waals surface area contributed by atoms with E-state index in [-0.39, 0.29) is 0 Å². The number of hydrogen-bond acceptors (Lipinski definition) is 1. The van der Waals surface area contributed by atoms with Gasteiger partial charge in [-0.15, -0.1) is 0 Å². The summed E-state index contributed by atoms with van der Waals surface area (Å²) in [7, 11) is 0. The molecule has 0 spiro atoms. The normalized spacial score (nSPS) is 17.2. The molecule has 2 aromatic rings. The summed E-state index contributed by atoms with van der Waals surface area (Å²) >= 11 is 0.